The highest BCUT2D eigenvalue weighted by Gasteiger charge is 2.09. The van der Waals surface area contributed by atoms with Crippen LogP contribution >= 0.6 is 11.6 Å². The third-order valence-corrected chi connectivity index (χ3v) is 3.03. The largest absolute Gasteiger partial charge is 0.328 e. The summed E-state index contributed by atoms with van der Waals surface area (Å²) in [6.07, 6.45) is 1.74. The minimum absolute atomic E-state index is 0.0845. The molecule has 2 rings (SSSR count). The van der Waals surface area contributed by atoms with Crippen molar-refractivity contribution < 1.29 is 0 Å². The number of pyridine rings is 1. The van der Waals surface area contributed by atoms with Crippen molar-refractivity contribution in [3.05, 3.63) is 45.3 Å². The normalized spacial score (nSPS) is 12.9. The molecule has 1 heterocycles. The molecule has 0 bridgehead atoms. The number of rotatable bonds is 2. The Hall–Kier alpha value is -1.32. The Morgan fingerprint density at radius 2 is 2.12 bits per heavy atom. The second-order valence-corrected chi connectivity index (χ2v) is 4.21. The van der Waals surface area contributed by atoms with Crippen molar-refractivity contribution >= 4 is 22.4 Å². The van der Waals surface area contributed by atoms with Crippen LogP contribution in [-0.4, -0.2) is 12.0 Å². The monoisotopic (exact) mass is 236 g/mol. The Bertz CT molecular complexity index is 577. The quantitative estimate of drug-likeness (QED) is 0.842. The van der Waals surface area contributed by atoms with E-state index in [4.69, 9.17) is 11.6 Å². The van der Waals surface area contributed by atoms with Gasteiger partial charge < -0.3 is 10.3 Å². The Morgan fingerprint density at radius 1 is 1.38 bits per heavy atom. The molecule has 1 aromatic heterocycles. The first-order valence-electron chi connectivity index (χ1n) is 5.11. The molecule has 84 valence electrons. The van der Waals surface area contributed by atoms with Crippen LogP contribution in [0.25, 0.3) is 10.8 Å². The number of halogens is 1. The van der Waals surface area contributed by atoms with Crippen LogP contribution in [0.4, 0.5) is 0 Å². The zero-order chi connectivity index (χ0) is 11.7. The van der Waals surface area contributed by atoms with Gasteiger partial charge in [-0.1, -0.05) is 11.6 Å². The molecule has 0 spiro atoms. The molecule has 0 aliphatic heterocycles. The standard InChI is InChI=1S/C12H13ClN2O/c1-7(14-2)11-6-15-12(16)9-4-3-8(13)5-10(9)11/h3-7,14H,1-2H3,(H,15,16). The number of aromatic amines is 1. The van der Waals surface area contributed by atoms with Crippen molar-refractivity contribution in [2.45, 2.75) is 13.0 Å². The lowest BCUT2D eigenvalue weighted by Crippen LogP contribution is -2.16. The van der Waals surface area contributed by atoms with Crippen molar-refractivity contribution in [3.8, 4) is 0 Å². The predicted octanol–water partition coefficient (Wildman–Crippen LogP) is 2.46. The van der Waals surface area contributed by atoms with Gasteiger partial charge in [-0.05, 0) is 43.1 Å². The van der Waals surface area contributed by atoms with E-state index in [0.717, 1.165) is 10.9 Å². The molecule has 1 aromatic carbocycles. The summed E-state index contributed by atoms with van der Waals surface area (Å²) in [5.74, 6) is 0. The minimum atomic E-state index is -0.0845. The van der Waals surface area contributed by atoms with E-state index in [1.54, 1.807) is 18.3 Å². The van der Waals surface area contributed by atoms with Crippen molar-refractivity contribution in [1.29, 1.82) is 0 Å². The SMILES string of the molecule is CNC(C)c1c[nH]c(=O)c2ccc(Cl)cc12. The second-order valence-electron chi connectivity index (χ2n) is 3.77. The Kier molecular flexibility index (Phi) is 2.99. The van der Waals surface area contributed by atoms with Gasteiger partial charge in [-0.2, -0.15) is 0 Å². The van der Waals surface area contributed by atoms with Crippen LogP contribution in [0.2, 0.25) is 5.02 Å². The van der Waals surface area contributed by atoms with Crippen LogP contribution in [0.5, 0.6) is 0 Å². The molecule has 3 nitrogen and oxygen atoms in total. The van der Waals surface area contributed by atoms with E-state index in [2.05, 4.69) is 10.3 Å². The third kappa shape index (κ3) is 1.84. The fourth-order valence-corrected chi connectivity index (χ4v) is 1.94. The third-order valence-electron chi connectivity index (χ3n) is 2.80. The zero-order valence-electron chi connectivity index (χ0n) is 9.17. The number of aromatic nitrogens is 1. The maximum atomic E-state index is 11.6. The maximum absolute atomic E-state index is 11.6. The van der Waals surface area contributed by atoms with E-state index in [1.807, 2.05) is 20.0 Å². The molecule has 0 aliphatic carbocycles. The predicted molar refractivity (Wildman–Crippen MR) is 67.1 cm³/mol. The molecule has 1 unspecified atom stereocenters. The van der Waals surface area contributed by atoms with Gasteiger partial charge in [-0.3, -0.25) is 4.79 Å². The number of benzene rings is 1. The van der Waals surface area contributed by atoms with Gasteiger partial charge in [-0.25, -0.2) is 0 Å². The average Bonchev–Trinajstić information content (AvgIpc) is 2.28. The first kappa shape index (κ1) is 11.2. The second kappa shape index (κ2) is 4.28. The molecule has 0 saturated heterocycles. The lowest BCUT2D eigenvalue weighted by Gasteiger charge is -2.13. The van der Waals surface area contributed by atoms with Crippen molar-refractivity contribution in [2.75, 3.05) is 7.05 Å². The van der Waals surface area contributed by atoms with E-state index in [1.165, 1.54) is 0 Å². The summed E-state index contributed by atoms with van der Waals surface area (Å²) in [5.41, 5.74) is 0.957. The van der Waals surface area contributed by atoms with Gasteiger partial charge in [0.05, 0.1) is 0 Å². The maximum Gasteiger partial charge on any atom is 0.255 e. The highest BCUT2D eigenvalue weighted by Crippen LogP contribution is 2.23. The summed E-state index contributed by atoms with van der Waals surface area (Å²) >= 11 is 5.96. The minimum Gasteiger partial charge on any atom is -0.328 e. The lowest BCUT2D eigenvalue weighted by atomic mass is 10.0. The van der Waals surface area contributed by atoms with Crippen LogP contribution < -0.4 is 10.9 Å². The zero-order valence-corrected chi connectivity index (χ0v) is 9.93. The Labute approximate surface area is 98.4 Å². The van der Waals surface area contributed by atoms with Gasteiger partial charge in [0.2, 0.25) is 0 Å². The molecular formula is C12H13ClN2O. The lowest BCUT2D eigenvalue weighted by molar-refractivity contribution is 0.654. The highest BCUT2D eigenvalue weighted by molar-refractivity contribution is 6.31. The van der Waals surface area contributed by atoms with Crippen LogP contribution in [-0.2, 0) is 0 Å². The van der Waals surface area contributed by atoms with E-state index in [-0.39, 0.29) is 11.6 Å². The summed E-state index contributed by atoms with van der Waals surface area (Å²) in [6.45, 7) is 2.04. The summed E-state index contributed by atoms with van der Waals surface area (Å²) in [7, 11) is 1.88. The molecule has 1 atom stereocenters. The average molecular weight is 237 g/mol. The number of H-pyrrole nitrogens is 1. The first-order chi connectivity index (χ1) is 7.63. The summed E-state index contributed by atoms with van der Waals surface area (Å²) in [5, 5.41) is 5.36. The fourth-order valence-electron chi connectivity index (χ4n) is 1.77. The molecule has 0 fully saturated rings. The smallest absolute Gasteiger partial charge is 0.255 e. The molecule has 0 radical (unpaired) electrons. The van der Waals surface area contributed by atoms with Crippen LogP contribution in [0.1, 0.15) is 18.5 Å². The molecule has 2 N–H and O–H groups in total. The molecular weight excluding hydrogens is 224 g/mol. The number of nitrogens with one attached hydrogen (secondary N) is 2. The highest BCUT2D eigenvalue weighted by atomic mass is 35.5. The van der Waals surface area contributed by atoms with Crippen molar-refractivity contribution in [2.24, 2.45) is 0 Å². The fraction of sp³-hybridized carbons (Fsp3) is 0.250. The van der Waals surface area contributed by atoms with Gasteiger partial charge in [-0.15, -0.1) is 0 Å². The molecule has 0 saturated carbocycles. The van der Waals surface area contributed by atoms with Crippen LogP contribution in [0.3, 0.4) is 0 Å². The number of hydrogen-bond acceptors (Lipinski definition) is 2. The molecule has 0 amide bonds. The van der Waals surface area contributed by atoms with Gasteiger partial charge in [0.15, 0.2) is 0 Å². The Balaban J connectivity index is 2.80. The first-order valence-corrected chi connectivity index (χ1v) is 5.49. The molecule has 2 aromatic rings. The van der Waals surface area contributed by atoms with Gasteiger partial charge >= 0.3 is 0 Å². The van der Waals surface area contributed by atoms with E-state index < -0.39 is 0 Å². The topological polar surface area (TPSA) is 44.9 Å². The van der Waals surface area contributed by atoms with E-state index in [0.29, 0.717) is 10.4 Å². The summed E-state index contributed by atoms with van der Waals surface area (Å²) < 4.78 is 0. The van der Waals surface area contributed by atoms with Gasteiger partial charge in [0.25, 0.3) is 5.56 Å². The molecule has 4 heteroatoms. The van der Waals surface area contributed by atoms with E-state index >= 15 is 0 Å². The van der Waals surface area contributed by atoms with Crippen molar-refractivity contribution in [1.82, 2.24) is 10.3 Å². The number of fused-ring (bicyclic) bond motifs is 1. The van der Waals surface area contributed by atoms with Crippen LogP contribution in [0.15, 0.2) is 29.2 Å². The molecule has 0 aliphatic rings. The van der Waals surface area contributed by atoms with E-state index in [9.17, 15) is 4.79 Å². The number of hydrogen-bond donors (Lipinski definition) is 2. The van der Waals surface area contributed by atoms with Gasteiger partial charge in [0.1, 0.15) is 0 Å². The summed E-state index contributed by atoms with van der Waals surface area (Å²) in [4.78, 5) is 14.4. The Morgan fingerprint density at radius 3 is 2.81 bits per heavy atom. The van der Waals surface area contributed by atoms with Gasteiger partial charge in [0, 0.05) is 22.6 Å². The summed E-state index contributed by atoms with van der Waals surface area (Å²) in [6, 6.07) is 5.47. The van der Waals surface area contributed by atoms with Crippen LogP contribution in [0, 0.1) is 0 Å². The van der Waals surface area contributed by atoms with Crippen molar-refractivity contribution in [3.63, 3.8) is 0 Å². The molecule has 16 heavy (non-hydrogen) atoms.